The Morgan fingerprint density at radius 3 is 2.88 bits per heavy atom. The fourth-order valence-electron chi connectivity index (χ4n) is 1.22. The molecule has 0 saturated carbocycles. The molecule has 2 rings (SSSR count). The van der Waals surface area contributed by atoms with Crippen LogP contribution in [-0.2, 0) is 9.53 Å². The van der Waals surface area contributed by atoms with Crippen molar-refractivity contribution in [3.8, 4) is 0 Å². The minimum atomic E-state index is -0.0683. The van der Waals surface area contributed by atoms with Gasteiger partial charge in [0.1, 0.15) is 12.1 Å². The highest BCUT2D eigenvalue weighted by molar-refractivity contribution is 5.79. The van der Waals surface area contributed by atoms with E-state index in [0.717, 1.165) is 13.0 Å². The Kier molecular flexibility index (Phi) is 0.663. The van der Waals surface area contributed by atoms with E-state index in [1.807, 2.05) is 0 Å². The number of carbonyl (C=O) groups is 1. The monoisotopic (exact) mass is 113 g/mol. The van der Waals surface area contributed by atoms with Crippen molar-refractivity contribution < 1.29 is 9.53 Å². The summed E-state index contributed by atoms with van der Waals surface area (Å²) in [5, 5.41) is 3.03. The van der Waals surface area contributed by atoms with Crippen molar-refractivity contribution in [1.82, 2.24) is 5.32 Å². The lowest BCUT2D eigenvalue weighted by molar-refractivity contribution is -0.145. The highest BCUT2D eigenvalue weighted by Crippen LogP contribution is 2.19. The van der Waals surface area contributed by atoms with Crippen molar-refractivity contribution in [3.05, 3.63) is 0 Å². The van der Waals surface area contributed by atoms with E-state index >= 15 is 0 Å². The molecule has 2 aliphatic rings. The van der Waals surface area contributed by atoms with E-state index in [1.54, 1.807) is 0 Å². The first-order chi connectivity index (χ1) is 3.86. The first-order valence-corrected chi connectivity index (χ1v) is 2.80. The van der Waals surface area contributed by atoms with Gasteiger partial charge in [-0.05, 0) is 0 Å². The zero-order valence-electron chi connectivity index (χ0n) is 4.39. The van der Waals surface area contributed by atoms with Crippen LogP contribution >= 0.6 is 0 Å². The second-order valence-corrected chi connectivity index (χ2v) is 2.26. The van der Waals surface area contributed by atoms with Crippen LogP contribution in [0.3, 0.4) is 0 Å². The lowest BCUT2D eigenvalue weighted by Gasteiger charge is -2.09. The van der Waals surface area contributed by atoms with Gasteiger partial charge < -0.3 is 10.1 Å². The number of fused-ring (bicyclic) bond motifs is 2. The molecule has 2 aliphatic heterocycles. The van der Waals surface area contributed by atoms with E-state index in [-0.39, 0.29) is 18.1 Å². The SMILES string of the molecule is O=C1O[C@@H]2CN[C@@H]1C2. The molecule has 0 aliphatic carbocycles. The third-order valence-electron chi connectivity index (χ3n) is 1.66. The van der Waals surface area contributed by atoms with Crippen LogP contribution in [0.2, 0.25) is 0 Å². The quantitative estimate of drug-likeness (QED) is 0.421. The molecule has 1 N–H and O–H groups in total. The molecular weight excluding hydrogens is 106 g/mol. The van der Waals surface area contributed by atoms with E-state index in [2.05, 4.69) is 5.32 Å². The third-order valence-corrected chi connectivity index (χ3v) is 1.66. The van der Waals surface area contributed by atoms with Crippen LogP contribution in [0.25, 0.3) is 0 Å². The summed E-state index contributed by atoms with van der Waals surface area (Å²) in [6, 6.07) is 0.0278. The molecule has 3 nitrogen and oxygen atoms in total. The topological polar surface area (TPSA) is 38.3 Å². The average Bonchev–Trinajstić information content (AvgIpc) is 2.23. The number of hydrogen-bond acceptors (Lipinski definition) is 3. The molecule has 2 atom stereocenters. The maximum atomic E-state index is 10.6. The summed E-state index contributed by atoms with van der Waals surface area (Å²) < 4.78 is 4.86. The fourth-order valence-corrected chi connectivity index (χ4v) is 1.22. The van der Waals surface area contributed by atoms with Crippen LogP contribution in [0.15, 0.2) is 0 Å². The van der Waals surface area contributed by atoms with Crippen molar-refractivity contribution in [2.75, 3.05) is 6.54 Å². The van der Waals surface area contributed by atoms with Crippen LogP contribution in [0.4, 0.5) is 0 Å². The number of nitrogens with one attached hydrogen (secondary N) is 1. The highest BCUT2D eigenvalue weighted by atomic mass is 16.6. The van der Waals surface area contributed by atoms with Crippen LogP contribution in [0.1, 0.15) is 6.42 Å². The Labute approximate surface area is 47.0 Å². The lowest BCUT2D eigenvalue weighted by Crippen LogP contribution is -2.35. The third kappa shape index (κ3) is 0.395. The molecule has 3 heteroatoms. The Morgan fingerprint density at radius 1 is 1.75 bits per heavy atom. The fraction of sp³-hybridized carbons (Fsp3) is 0.800. The van der Waals surface area contributed by atoms with E-state index in [0.29, 0.717) is 0 Å². The maximum Gasteiger partial charge on any atom is 0.323 e. The number of carbonyl (C=O) groups excluding carboxylic acids is 1. The molecule has 0 radical (unpaired) electrons. The molecule has 0 aromatic heterocycles. The van der Waals surface area contributed by atoms with Gasteiger partial charge in [-0.25, -0.2) is 0 Å². The van der Waals surface area contributed by atoms with Gasteiger partial charge in [-0.3, -0.25) is 4.79 Å². The van der Waals surface area contributed by atoms with E-state index < -0.39 is 0 Å². The van der Waals surface area contributed by atoms with Crippen molar-refractivity contribution in [3.63, 3.8) is 0 Å². The van der Waals surface area contributed by atoms with Crippen molar-refractivity contribution >= 4 is 5.97 Å². The van der Waals surface area contributed by atoms with Gasteiger partial charge in [0.05, 0.1) is 0 Å². The Balaban J connectivity index is 2.22. The van der Waals surface area contributed by atoms with Gasteiger partial charge in [0.2, 0.25) is 0 Å². The summed E-state index contributed by atoms with van der Waals surface area (Å²) in [5.41, 5.74) is 0. The molecule has 0 aromatic rings. The van der Waals surface area contributed by atoms with Crippen LogP contribution < -0.4 is 5.32 Å². The zero-order valence-corrected chi connectivity index (χ0v) is 4.39. The zero-order chi connectivity index (χ0) is 5.56. The Hall–Kier alpha value is -0.570. The Bertz CT molecular complexity index is 134. The Morgan fingerprint density at radius 2 is 2.62 bits per heavy atom. The summed E-state index contributed by atoms with van der Waals surface area (Å²) in [7, 11) is 0. The minimum absolute atomic E-state index is 0.0278. The normalized spacial score (nSPS) is 42.8. The van der Waals surface area contributed by atoms with E-state index in [1.165, 1.54) is 0 Å². The molecule has 2 heterocycles. The summed E-state index contributed by atoms with van der Waals surface area (Å²) >= 11 is 0. The van der Waals surface area contributed by atoms with E-state index in [9.17, 15) is 4.79 Å². The molecular formula is C5H7NO2. The number of morpholine rings is 1. The minimum Gasteiger partial charge on any atom is -0.460 e. The van der Waals surface area contributed by atoms with Gasteiger partial charge >= 0.3 is 5.97 Å². The van der Waals surface area contributed by atoms with E-state index in [4.69, 9.17) is 4.74 Å². The van der Waals surface area contributed by atoms with Gasteiger partial charge in [0.15, 0.2) is 0 Å². The lowest BCUT2D eigenvalue weighted by atomic mass is 10.2. The largest absolute Gasteiger partial charge is 0.460 e. The second kappa shape index (κ2) is 1.23. The van der Waals surface area contributed by atoms with Crippen molar-refractivity contribution in [2.24, 2.45) is 0 Å². The first kappa shape index (κ1) is 4.32. The van der Waals surface area contributed by atoms with Gasteiger partial charge in [-0.15, -0.1) is 0 Å². The predicted molar refractivity (Wildman–Crippen MR) is 26.3 cm³/mol. The van der Waals surface area contributed by atoms with Gasteiger partial charge in [-0.1, -0.05) is 0 Å². The number of ether oxygens (including phenoxy) is 1. The first-order valence-electron chi connectivity index (χ1n) is 2.80. The molecule has 0 spiro atoms. The average molecular weight is 113 g/mol. The van der Waals surface area contributed by atoms with Gasteiger partial charge in [0.25, 0.3) is 0 Å². The number of hydrogen-bond donors (Lipinski definition) is 1. The molecule has 0 unspecified atom stereocenters. The smallest absolute Gasteiger partial charge is 0.323 e. The highest BCUT2D eigenvalue weighted by Gasteiger charge is 2.39. The number of rotatable bonds is 0. The summed E-state index contributed by atoms with van der Waals surface area (Å²) in [6.45, 7) is 0.858. The maximum absolute atomic E-state index is 10.6. The van der Waals surface area contributed by atoms with Crippen molar-refractivity contribution in [2.45, 2.75) is 18.6 Å². The molecule has 8 heavy (non-hydrogen) atoms. The summed E-state index contributed by atoms with van der Waals surface area (Å²) in [4.78, 5) is 10.6. The summed E-state index contributed by atoms with van der Waals surface area (Å²) in [6.07, 6.45) is 1.08. The van der Waals surface area contributed by atoms with Gasteiger partial charge in [0, 0.05) is 13.0 Å². The molecule has 0 amide bonds. The predicted octanol–water partition coefficient (Wildman–Crippen LogP) is -0.726. The molecule has 2 bridgehead atoms. The molecule has 0 aromatic carbocycles. The number of esters is 1. The van der Waals surface area contributed by atoms with Crippen LogP contribution in [0, 0.1) is 0 Å². The van der Waals surface area contributed by atoms with Crippen molar-refractivity contribution in [1.29, 1.82) is 0 Å². The van der Waals surface area contributed by atoms with Gasteiger partial charge in [-0.2, -0.15) is 0 Å². The van der Waals surface area contributed by atoms with Crippen LogP contribution in [-0.4, -0.2) is 24.7 Å². The van der Waals surface area contributed by atoms with Crippen LogP contribution in [0.5, 0.6) is 0 Å². The molecule has 44 valence electrons. The second-order valence-electron chi connectivity index (χ2n) is 2.26. The molecule has 2 fully saturated rings. The summed E-state index contributed by atoms with van der Waals surface area (Å²) in [5.74, 6) is -0.0683. The molecule has 2 saturated heterocycles. The standard InChI is InChI=1S/C5H7NO2/c7-5-4-1-3(8-5)2-6-4/h3-4,6H,1-2H2/t3-,4+/m0/s1.